The maximum absolute atomic E-state index is 10.8. The van der Waals surface area contributed by atoms with Crippen molar-refractivity contribution in [1.82, 2.24) is 4.98 Å². The van der Waals surface area contributed by atoms with E-state index in [1.165, 1.54) is 6.07 Å². The minimum Gasteiger partial charge on any atom is -0.264 e. The summed E-state index contributed by atoms with van der Waals surface area (Å²) in [6.07, 6.45) is 3.27. The first-order valence-electron chi connectivity index (χ1n) is 4.18. The van der Waals surface area contributed by atoms with Crippen LogP contribution in [0.5, 0.6) is 0 Å². The third kappa shape index (κ3) is 1.21. The van der Waals surface area contributed by atoms with Crippen LogP contribution in [0.15, 0.2) is 30.6 Å². The van der Waals surface area contributed by atoms with Crippen LogP contribution in [0.25, 0.3) is 10.8 Å². The molecule has 0 aliphatic carbocycles. The number of nitro benzene ring substituents is 1. The van der Waals surface area contributed by atoms with E-state index in [1.54, 1.807) is 18.5 Å². The molecule has 0 spiro atoms. The number of hydrogen-bond acceptors (Lipinski definition) is 3. The molecule has 4 nitrogen and oxygen atoms in total. The molecule has 0 bridgehead atoms. The van der Waals surface area contributed by atoms with E-state index in [1.807, 2.05) is 13.0 Å². The van der Waals surface area contributed by atoms with Gasteiger partial charge in [-0.1, -0.05) is 12.1 Å². The van der Waals surface area contributed by atoms with Gasteiger partial charge in [0.1, 0.15) is 0 Å². The Morgan fingerprint density at radius 1 is 1.36 bits per heavy atom. The summed E-state index contributed by atoms with van der Waals surface area (Å²) >= 11 is 0. The van der Waals surface area contributed by atoms with Gasteiger partial charge in [-0.3, -0.25) is 15.1 Å². The lowest BCUT2D eigenvalue weighted by atomic mass is 10.1. The normalized spacial score (nSPS) is 10.4. The van der Waals surface area contributed by atoms with Crippen molar-refractivity contribution in [2.75, 3.05) is 0 Å². The second-order valence-corrected chi connectivity index (χ2v) is 3.09. The van der Waals surface area contributed by atoms with Gasteiger partial charge in [-0.25, -0.2) is 0 Å². The van der Waals surface area contributed by atoms with E-state index in [-0.39, 0.29) is 10.6 Å². The summed E-state index contributed by atoms with van der Waals surface area (Å²) in [5.41, 5.74) is 0.970. The fourth-order valence-electron chi connectivity index (χ4n) is 1.54. The Hall–Kier alpha value is -1.97. The molecule has 0 amide bonds. The van der Waals surface area contributed by atoms with Crippen LogP contribution in [0, 0.1) is 17.0 Å². The number of benzene rings is 1. The molecule has 0 N–H and O–H groups in total. The summed E-state index contributed by atoms with van der Waals surface area (Å²) in [4.78, 5) is 14.4. The van der Waals surface area contributed by atoms with Gasteiger partial charge in [0.05, 0.1) is 10.3 Å². The number of pyridine rings is 1. The number of nitro groups is 1. The zero-order valence-electron chi connectivity index (χ0n) is 7.60. The average Bonchev–Trinajstić information content (AvgIpc) is 2.17. The second-order valence-electron chi connectivity index (χ2n) is 3.09. The molecule has 0 aliphatic heterocycles. The van der Waals surface area contributed by atoms with Crippen molar-refractivity contribution in [3.63, 3.8) is 0 Å². The van der Waals surface area contributed by atoms with Crippen molar-refractivity contribution in [3.8, 4) is 0 Å². The number of non-ortho nitro benzene ring substituents is 1. The fraction of sp³-hybridized carbons (Fsp3) is 0.100. The summed E-state index contributed by atoms with van der Waals surface area (Å²) in [5, 5.41) is 12.2. The van der Waals surface area contributed by atoms with E-state index in [0.717, 1.165) is 10.9 Å². The van der Waals surface area contributed by atoms with E-state index < -0.39 is 0 Å². The Labute approximate surface area is 80.4 Å². The second kappa shape index (κ2) is 3.06. The highest BCUT2D eigenvalue weighted by molar-refractivity contribution is 5.92. The van der Waals surface area contributed by atoms with Crippen LogP contribution in [-0.2, 0) is 0 Å². The summed E-state index contributed by atoms with van der Waals surface area (Å²) in [7, 11) is 0. The zero-order valence-corrected chi connectivity index (χ0v) is 7.60. The monoisotopic (exact) mass is 188 g/mol. The van der Waals surface area contributed by atoms with Gasteiger partial charge < -0.3 is 0 Å². The molecule has 14 heavy (non-hydrogen) atoms. The summed E-state index contributed by atoms with van der Waals surface area (Å²) in [6.45, 7) is 1.82. The van der Waals surface area contributed by atoms with Crippen molar-refractivity contribution in [1.29, 1.82) is 0 Å². The highest BCUT2D eigenvalue weighted by Gasteiger charge is 2.12. The van der Waals surface area contributed by atoms with E-state index in [0.29, 0.717) is 5.39 Å². The number of rotatable bonds is 1. The number of hydrogen-bond donors (Lipinski definition) is 0. The molecule has 1 aromatic carbocycles. The topological polar surface area (TPSA) is 56.0 Å². The van der Waals surface area contributed by atoms with Crippen LogP contribution in [-0.4, -0.2) is 9.91 Å². The predicted molar refractivity (Wildman–Crippen MR) is 53.1 cm³/mol. The van der Waals surface area contributed by atoms with Gasteiger partial charge in [0.15, 0.2) is 0 Å². The molecule has 0 fully saturated rings. The summed E-state index contributed by atoms with van der Waals surface area (Å²) < 4.78 is 0. The van der Waals surface area contributed by atoms with Crippen LogP contribution < -0.4 is 0 Å². The molecule has 4 heteroatoms. The van der Waals surface area contributed by atoms with Crippen LogP contribution in [0.3, 0.4) is 0 Å². The van der Waals surface area contributed by atoms with Crippen molar-refractivity contribution in [3.05, 3.63) is 46.3 Å². The molecule has 2 rings (SSSR count). The van der Waals surface area contributed by atoms with E-state index in [9.17, 15) is 10.1 Å². The Morgan fingerprint density at radius 2 is 2.14 bits per heavy atom. The first-order valence-corrected chi connectivity index (χ1v) is 4.18. The minimum absolute atomic E-state index is 0.141. The first-order chi connectivity index (χ1) is 6.70. The number of fused-ring (bicyclic) bond motifs is 1. The SMILES string of the molecule is Cc1cncc2cccc([N+](=O)[O-])c12. The largest absolute Gasteiger partial charge is 0.277 e. The van der Waals surface area contributed by atoms with E-state index >= 15 is 0 Å². The maximum atomic E-state index is 10.8. The Morgan fingerprint density at radius 3 is 2.86 bits per heavy atom. The smallest absolute Gasteiger partial charge is 0.264 e. The molecule has 0 radical (unpaired) electrons. The number of aryl methyl sites for hydroxylation is 1. The quantitative estimate of drug-likeness (QED) is 0.510. The van der Waals surface area contributed by atoms with Crippen molar-refractivity contribution >= 4 is 16.5 Å². The Kier molecular flexibility index (Phi) is 1.89. The molecule has 0 aliphatic rings. The minimum atomic E-state index is -0.366. The Bertz CT molecular complexity index is 503. The van der Waals surface area contributed by atoms with Gasteiger partial charge in [-0.2, -0.15) is 0 Å². The van der Waals surface area contributed by atoms with E-state index in [2.05, 4.69) is 4.98 Å². The van der Waals surface area contributed by atoms with Gasteiger partial charge in [-0.15, -0.1) is 0 Å². The molecule has 0 atom stereocenters. The lowest BCUT2D eigenvalue weighted by Crippen LogP contribution is -1.91. The third-order valence-electron chi connectivity index (χ3n) is 2.15. The lowest BCUT2D eigenvalue weighted by molar-refractivity contribution is -0.383. The van der Waals surface area contributed by atoms with Crippen molar-refractivity contribution in [2.24, 2.45) is 0 Å². The van der Waals surface area contributed by atoms with Crippen molar-refractivity contribution < 1.29 is 4.92 Å². The number of aromatic nitrogens is 1. The van der Waals surface area contributed by atoms with Crippen LogP contribution in [0.1, 0.15) is 5.56 Å². The molecule has 70 valence electrons. The van der Waals surface area contributed by atoms with Gasteiger partial charge in [0.25, 0.3) is 5.69 Å². The summed E-state index contributed by atoms with van der Waals surface area (Å²) in [5.74, 6) is 0. The average molecular weight is 188 g/mol. The van der Waals surface area contributed by atoms with Gasteiger partial charge in [0.2, 0.25) is 0 Å². The fourth-order valence-corrected chi connectivity index (χ4v) is 1.54. The molecule has 0 unspecified atom stereocenters. The number of nitrogens with zero attached hydrogens (tertiary/aromatic N) is 2. The van der Waals surface area contributed by atoms with Gasteiger partial charge in [0, 0.05) is 23.8 Å². The zero-order chi connectivity index (χ0) is 10.1. The standard InChI is InChI=1S/C10H8N2O2/c1-7-5-11-6-8-3-2-4-9(10(7)8)12(13)14/h2-6H,1H3. The first kappa shape index (κ1) is 8.62. The van der Waals surface area contributed by atoms with Crippen LogP contribution >= 0.6 is 0 Å². The van der Waals surface area contributed by atoms with Crippen LogP contribution in [0.2, 0.25) is 0 Å². The van der Waals surface area contributed by atoms with Gasteiger partial charge >= 0.3 is 0 Å². The maximum Gasteiger partial charge on any atom is 0.277 e. The molecule has 1 heterocycles. The molecule has 2 aromatic rings. The Balaban J connectivity index is 2.91. The highest BCUT2D eigenvalue weighted by atomic mass is 16.6. The highest BCUT2D eigenvalue weighted by Crippen LogP contribution is 2.26. The van der Waals surface area contributed by atoms with Gasteiger partial charge in [-0.05, 0) is 12.5 Å². The van der Waals surface area contributed by atoms with Crippen LogP contribution in [0.4, 0.5) is 5.69 Å². The molecular weight excluding hydrogens is 180 g/mol. The summed E-state index contributed by atoms with van der Waals surface area (Å²) in [6, 6.07) is 5.00. The molecular formula is C10H8N2O2. The molecule has 0 saturated heterocycles. The predicted octanol–water partition coefficient (Wildman–Crippen LogP) is 2.45. The lowest BCUT2D eigenvalue weighted by Gasteiger charge is -2.01. The van der Waals surface area contributed by atoms with E-state index in [4.69, 9.17) is 0 Å². The molecule has 0 saturated carbocycles. The van der Waals surface area contributed by atoms with Crippen molar-refractivity contribution in [2.45, 2.75) is 6.92 Å². The third-order valence-corrected chi connectivity index (χ3v) is 2.15. The molecule has 1 aromatic heterocycles.